The number of aryl methyl sites for hydroxylation is 1. The summed E-state index contributed by atoms with van der Waals surface area (Å²) in [4.78, 5) is 8.13. The van der Waals surface area contributed by atoms with Gasteiger partial charge in [0.05, 0.1) is 17.4 Å². The van der Waals surface area contributed by atoms with Gasteiger partial charge in [0, 0.05) is 22.3 Å². The number of hydrogen-bond acceptors (Lipinski definition) is 3. The van der Waals surface area contributed by atoms with Crippen LogP contribution in [0.2, 0.25) is 0 Å². The zero-order valence-corrected chi connectivity index (χ0v) is 19.4. The highest BCUT2D eigenvalue weighted by Crippen LogP contribution is 2.41. The molecule has 0 amide bonds. The Labute approximate surface area is 184 Å². The van der Waals surface area contributed by atoms with Crippen molar-refractivity contribution in [2.45, 2.75) is 50.3 Å². The first-order valence-corrected chi connectivity index (χ1v) is 11.8. The lowest BCUT2D eigenvalue weighted by Crippen LogP contribution is -2.51. The standard InChI is InChI=1S/C23H26BrN3OS/c1-22(2,3)29(28)27-23(12-11-17-13-18(24)9-10-19(17)23)14-21-25-15-20(26-21)16-7-5-4-6-8-16/h4-10,13,15,27H,11-12,14H2,1-3H3,(H,25,26)/t23-,29?/m0/s1. The number of nitrogens with zero attached hydrogens (tertiary/aromatic N) is 1. The van der Waals surface area contributed by atoms with Gasteiger partial charge in [-0.15, -0.1) is 4.72 Å². The van der Waals surface area contributed by atoms with E-state index in [4.69, 9.17) is 0 Å². The molecule has 1 aliphatic carbocycles. The lowest BCUT2D eigenvalue weighted by atomic mass is 9.89. The fourth-order valence-corrected chi connectivity index (χ4v) is 5.23. The number of hydrogen-bond donors (Lipinski definition) is 2. The average molecular weight is 472 g/mol. The number of aromatic amines is 1. The van der Waals surface area contributed by atoms with Gasteiger partial charge >= 0.3 is 0 Å². The molecule has 4 rings (SSSR count). The Hall–Kier alpha value is -1.60. The quantitative estimate of drug-likeness (QED) is 0.497. The summed E-state index contributed by atoms with van der Waals surface area (Å²) in [5, 5.41) is 0. The first kappa shape index (κ1) is 20.7. The van der Waals surface area contributed by atoms with Crippen molar-refractivity contribution in [3.8, 4) is 11.3 Å². The maximum atomic E-state index is 13.1. The fraction of sp³-hybridized carbons (Fsp3) is 0.348. The van der Waals surface area contributed by atoms with E-state index in [0.29, 0.717) is 6.42 Å². The summed E-state index contributed by atoms with van der Waals surface area (Å²) in [5.41, 5.74) is 4.23. The first-order chi connectivity index (χ1) is 13.8. The minimum Gasteiger partial charge on any atom is -0.598 e. The van der Waals surface area contributed by atoms with Crippen LogP contribution in [0.15, 0.2) is 59.2 Å². The highest BCUT2D eigenvalue weighted by molar-refractivity contribution is 9.10. The molecule has 3 aromatic rings. The van der Waals surface area contributed by atoms with Crippen LogP contribution in [0.25, 0.3) is 11.3 Å². The lowest BCUT2D eigenvalue weighted by molar-refractivity contribution is 0.374. The molecular weight excluding hydrogens is 446 g/mol. The third-order valence-electron chi connectivity index (χ3n) is 5.43. The van der Waals surface area contributed by atoms with Gasteiger partial charge in [-0.2, -0.15) is 0 Å². The van der Waals surface area contributed by atoms with Crippen molar-refractivity contribution in [1.82, 2.24) is 14.7 Å². The zero-order valence-electron chi connectivity index (χ0n) is 17.0. The number of nitrogens with one attached hydrogen (secondary N) is 2. The molecule has 6 heteroatoms. The van der Waals surface area contributed by atoms with E-state index in [9.17, 15) is 4.55 Å². The number of rotatable bonds is 5. The summed E-state index contributed by atoms with van der Waals surface area (Å²) >= 11 is 2.40. The number of H-pyrrole nitrogens is 1. The minimum absolute atomic E-state index is 0.344. The molecule has 2 atom stereocenters. The van der Waals surface area contributed by atoms with E-state index in [0.717, 1.165) is 34.4 Å². The average Bonchev–Trinajstić information content (AvgIpc) is 3.27. The number of halogens is 1. The van der Waals surface area contributed by atoms with E-state index in [1.807, 2.05) is 45.2 Å². The summed E-state index contributed by atoms with van der Waals surface area (Å²) in [6.45, 7) is 6.00. The maximum Gasteiger partial charge on any atom is 0.136 e. The number of benzene rings is 2. The second-order valence-electron chi connectivity index (χ2n) is 8.65. The van der Waals surface area contributed by atoms with Crippen molar-refractivity contribution >= 4 is 27.3 Å². The molecule has 29 heavy (non-hydrogen) atoms. The summed E-state index contributed by atoms with van der Waals surface area (Å²) in [6, 6.07) is 16.6. The molecule has 2 aromatic carbocycles. The molecule has 0 spiro atoms. The van der Waals surface area contributed by atoms with Crippen molar-refractivity contribution in [3.05, 3.63) is 76.2 Å². The van der Waals surface area contributed by atoms with E-state index in [-0.39, 0.29) is 4.75 Å². The SMILES string of the molecule is CC(C)(C)[S+]([O-])N[C@]1(Cc2ncc(-c3ccccc3)[nH]2)CCc2cc(Br)ccc21. The number of aromatic nitrogens is 2. The van der Waals surface area contributed by atoms with Crippen molar-refractivity contribution in [3.63, 3.8) is 0 Å². The van der Waals surface area contributed by atoms with Crippen molar-refractivity contribution in [2.75, 3.05) is 0 Å². The Morgan fingerprint density at radius 1 is 1.21 bits per heavy atom. The highest BCUT2D eigenvalue weighted by Gasteiger charge is 2.45. The van der Waals surface area contributed by atoms with E-state index in [1.54, 1.807) is 0 Å². The van der Waals surface area contributed by atoms with Crippen LogP contribution in [-0.4, -0.2) is 19.3 Å². The van der Waals surface area contributed by atoms with Crippen LogP contribution < -0.4 is 4.72 Å². The van der Waals surface area contributed by atoms with E-state index >= 15 is 0 Å². The van der Waals surface area contributed by atoms with Gasteiger partial charge in [0.2, 0.25) is 0 Å². The number of fused-ring (bicyclic) bond motifs is 1. The van der Waals surface area contributed by atoms with Crippen LogP contribution in [-0.2, 0) is 29.7 Å². The summed E-state index contributed by atoms with van der Waals surface area (Å²) in [6.07, 6.45) is 4.39. The van der Waals surface area contributed by atoms with Crippen LogP contribution in [0.1, 0.15) is 44.1 Å². The van der Waals surface area contributed by atoms with Crippen LogP contribution in [0.4, 0.5) is 0 Å². The zero-order chi connectivity index (χ0) is 20.6. The van der Waals surface area contributed by atoms with Gasteiger partial charge in [0.15, 0.2) is 0 Å². The molecule has 0 saturated carbocycles. The third-order valence-corrected chi connectivity index (χ3v) is 7.61. The van der Waals surface area contributed by atoms with Gasteiger partial charge < -0.3 is 9.54 Å². The summed E-state index contributed by atoms with van der Waals surface area (Å²) in [5.74, 6) is 0.901. The molecule has 152 valence electrons. The maximum absolute atomic E-state index is 13.1. The molecule has 4 nitrogen and oxygen atoms in total. The smallest absolute Gasteiger partial charge is 0.136 e. The van der Waals surface area contributed by atoms with Crippen LogP contribution >= 0.6 is 15.9 Å². The van der Waals surface area contributed by atoms with E-state index in [2.05, 4.69) is 61.0 Å². The third kappa shape index (κ3) is 4.31. The van der Waals surface area contributed by atoms with Gasteiger partial charge in [0.1, 0.15) is 10.6 Å². The Balaban J connectivity index is 1.69. The minimum atomic E-state index is -1.19. The molecule has 0 fully saturated rings. The van der Waals surface area contributed by atoms with Gasteiger partial charge in [-0.05, 0) is 62.4 Å². The molecule has 2 N–H and O–H groups in total. The summed E-state index contributed by atoms with van der Waals surface area (Å²) in [7, 11) is 0. The molecule has 0 bridgehead atoms. The predicted octanol–water partition coefficient (Wildman–Crippen LogP) is 5.28. The molecule has 0 saturated heterocycles. The van der Waals surface area contributed by atoms with Gasteiger partial charge in [-0.1, -0.05) is 52.3 Å². The first-order valence-electron chi connectivity index (χ1n) is 9.85. The second kappa shape index (κ2) is 7.91. The normalized spacial score (nSPS) is 19.9. The summed E-state index contributed by atoms with van der Waals surface area (Å²) < 4.78 is 17.3. The highest BCUT2D eigenvalue weighted by atomic mass is 79.9. The Kier molecular flexibility index (Phi) is 5.64. The Morgan fingerprint density at radius 3 is 2.69 bits per heavy atom. The molecule has 0 aliphatic heterocycles. The topological polar surface area (TPSA) is 63.8 Å². The van der Waals surface area contributed by atoms with Gasteiger partial charge in [-0.25, -0.2) is 4.98 Å². The Morgan fingerprint density at radius 2 is 1.97 bits per heavy atom. The van der Waals surface area contributed by atoms with E-state index in [1.165, 1.54) is 11.1 Å². The molecule has 1 heterocycles. The lowest BCUT2D eigenvalue weighted by Gasteiger charge is -2.35. The van der Waals surface area contributed by atoms with Crippen LogP contribution in [0, 0.1) is 0 Å². The van der Waals surface area contributed by atoms with Crippen molar-refractivity contribution in [1.29, 1.82) is 0 Å². The van der Waals surface area contributed by atoms with Crippen molar-refractivity contribution < 1.29 is 4.55 Å². The van der Waals surface area contributed by atoms with Gasteiger partial charge in [0.25, 0.3) is 0 Å². The predicted molar refractivity (Wildman–Crippen MR) is 123 cm³/mol. The number of imidazole rings is 1. The molecule has 1 unspecified atom stereocenters. The Bertz CT molecular complexity index is 999. The second-order valence-corrected chi connectivity index (χ2v) is 11.5. The van der Waals surface area contributed by atoms with Crippen LogP contribution in [0.3, 0.4) is 0 Å². The van der Waals surface area contributed by atoms with E-state index < -0.39 is 16.9 Å². The molecule has 1 aliphatic rings. The molecular formula is C23H26BrN3OS. The molecule has 0 radical (unpaired) electrons. The monoisotopic (exact) mass is 471 g/mol. The van der Waals surface area contributed by atoms with Gasteiger partial charge in [-0.3, -0.25) is 0 Å². The largest absolute Gasteiger partial charge is 0.598 e. The van der Waals surface area contributed by atoms with Crippen molar-refractivity contribution in [2.24, 2.45) is 0 Å². The van der Waals surface area contributed by atoms with Crippen LogP contribution in [0.5, 0.6) is 0 Å². The molecule has 1 aromatic heterocycles. The fourth-order valence-electron chi connectivity index (χ4n) is 3.88.